The molecule has 5 nitrogen and oxygen atoms in total. The molecule has 1 rings (SSSR count). The Labute approximate surface area is 102 Å². The summed E-state index contributed by atoms with van der Waals surface area (Å²) >= 11 is 0. The summed E-state index contributed by atoms with van der Waals surface area (Å²) in [5.74, 6) is 0.641. The minimum absolute atomic E-state index is 0.106. The van der Waals surface area contributed by atoms with Crippen LogP contribution in [0.3, 0.4) is 0 Å². The van der Waals surface area contributed by atoms with Crippen LogP contribution in [-0.2, 0) is 4.79 Å². The number of amides is 1. The van der Waals surface area contributed by atoms with Crippen molar-refractivity contribution in [1.82, 2.24) is 4.98 Å². The van der Waals surface area contributed by atoms with E-state index in [0.29, 0.717) is 5.69 Å². The maximum Gasteiger partial charge on any atom is 0.241 e. The highest BCUT2D eigenvalue weighted by molar-refractivity contribution is 5.97. The molecule has 0 aromatic carbocycles. The number of pyridine rings is 1. The van der Waals surface area contributed by atoms with Crippen LogP contribution in [0, 0.1) is 5.92 Å². The van der Waals surface area contributed by atoms with Crippen molar-refractivity contribution < 1.29 is 4.79 Å². The van der Waals surface area contributed by atoms with Crippen molar-refractivity contribution in [3.8, 4) is 0 Å². The van der Waals surface area contributed by atoms with Gasteiger partial charge in [-0.3, -0.25) is 4.79 Å². The number of rotatable bonds is 4. The van der Waals surface area contributed by atoms with Crippen LogP contribution in [0.4, 0.5) is 11.5 Å². The van der Waals surface area contributed by atoms with Crippen LogP contribution in [0.1, 0.15) is 13.8 Å². The van der Waals surface area contributed by atoms with E-state index in [9.17, 15) is 4.79 Å². The van der Waals surface area contributed by atoms with Gasteiger partial charge >= 0.3 is 0 Å². The quantitative estimate of drug-likeness (QED) is 0.820. The average Bonchev–Trinajstić information content (AvgIpc) is 2.28. The summed E-state index contributed by atoms with van der Waals surface area (Å²) in [6.07, 6.45) is 1.69. The fraction of sp³-hybridized carbons (Fsp3) is 0.500. The molecule has 0 aliphatic heterocycles. The van der Waals surface area contributed by atoms with Gasteiger partial charge in [0.15, 0.2) is 5.82 Å². The zero-order valence-corrected chi connectivity index (χ0v) is 10.8. The molecule has 0 radical (unpaired) electrons. The number of anilines is 2. The van der Waals surface area contributed by atoms with Crippen LogP contribution < -0.4 is 16.0 Å². The summed E-state index contributed by atoms with van der Waals surface area (Å²) in [5.41, 5.74) is 6.47. The fourth-order valence-corrected chi connectivity index (χ4v) is 1.37. The molecule has 0 bridgehead atoms. The number of carbonyl (C=O) groups excluding carboxylic acids is 1. The Morgan fingerprint density at radius 3 is 2.65 bits per heavy atom. The molecular weight excluding hydrogens is 216 g/mol. The number of carbonyl (C=O) groups is 1. The Morgan fingerprint density at radius 2 is 2.12 bits per heavy atom. The highest BCUT2D eigenvalue weighted by Gasteiger charge is 2.18. The summed E-state index contributed by atoms with van der Waals surface area (Å²) in [4.78, 5) is 17.9. The number of nitrogens with two attached hydrogens (primary N) is 1. The smallest absolute Gasteiger partial charge is 0.241 e. The highest BCUT2D eigenvalue weighted by Crippen LogP contribution is 2.20. The average molecular weight is 236 g/mol. The Kier molecular flexibility index (Phi) is 4.45. The second-order valence-corrected chi connectivity index (χ2v) is 4.53. The van der Waals surface area contributed by atoms with Gasteiger partial charge in [0.25, 0.3) is 0 Å². The molecule has 3 N–H and O–H groups in total. The Bertz CT molecular complexity index is 390. The van der Waals surface area contributed by atoms with Gasteiger partial charge in [0.05, 0.1) is 11.7 Å². The van der Waals surface area contributed by atoms with Gasteiger partial charge in [-0.05, 0) is 18.1 Å². The van der Waals surface area contributed by atoms with Gasteiger partial charge in [-0.15, -0.1) is 0 Å². The fourth-order valence-electron chi connectivity index (χ4n) is 1.37. The lowest BCUT2D eigenvalue weighted by atomic mass is 10.1. The maximum absolute atomic E-state index is 11.8. The first kappa shape index (κ1) is 13.4. The van der Waals surface area contributed by atoms with E-state index < -0.39 is 6.04 Å². The molecule has 94 valence electrons. The molecular formula is C12H20N4O. The SMILES string of the molecule is CC(C)C(N)C(=O)Nc1cccnc1N(C)C. The molecule has 0 aliphatic rings. The third-order valence-corrected chi connectivity index (χ3v) is 2.49. The predicted octanol–water partition coefficient (Wildman–Crippen LogP) is 1.07. The van der Waals surface area contributed by atoms with Crippen LogP contribution in [-0.4, -0.2) is 31.0 Å². The number of nitrogens with one attached hydrogen (secondary N) is 1. The van der Waals surface area contributed by atoms with E-state index in [-0.39, 0.29) is 11.8 Å². The van der Waals surface area contributed by atoms with E-state index >= 15 is 0 Å². The monoisotopic (exact) mass is 236 g/mol. The molecule has 0 spiro atoms. The van der Waals surface area contributed by atoms with Crippen molar-refractivity contribution >= 4 is 17.4 Å². The van der Waals surface area contributed by atoms with Gasteiger partial charge in [0, 0.05) is 20.3 Å². The van der Waals surface area contributed by atoms with Crippen molar-refractivity contribution in [3.05, 3.63) is 18.3 Å². The van der Waals surface area contributed by atoms with Crippen LogP contribution in [0.25, 0.3) is 0 Å². The van der Waals surface area contributed by atoms with Gasteiger partial charge in [-0.25, -0.2) is 4.98 Å². The maximum atomic E-state index is 11.8. The summed E-state index contributed by atoms with van der Waals surface area (Å²) < 4.78 is 0. The van der Waals surface area contributed by atoms with Crippen LogP contribution >= 0.6 is 0 Å². The highest BCUT2D eigenvalue weighted by atomic mass is 16.2. The Balaban J connectivity index is 2.85. The molecule has 1 heterocycles. The molecule has 0 aliphatic carbocycles. The topological polar surface area (TPSA) is 71.2 Å². The van der Waals surface area contributed by atoms with Crippen LogP contribution in [0.2, 0.25) is 0 Å². The second kappa shape index (κ2) is 5.63. The normalized spacial score (nSPS) is 12.4. The minimum Gasteiger partial charge on any atom is -0.361 e. The largest absolute Gasteiger partial charge is 0.361 e. The second-order valence-electron chi connectivity index (χ2n) is 4.53. The molecule has 1 unspecified atom stereocenters. The van der Waals surface area contributed by atoms with Gasteiger partial charge < -0.3 is 16.0 Å². The first-order valence-corrected chi connectivity index (χ1v) is 5.62. The number of nitrogens with zero attached hydrogens (tertiary/aromatic N) is 2. The van der Waals surface area contributed by atoms with Crippen molar-refractivity contribution in [2.75, 3.05) is 24.3 Å². The van der Waals surface area contributed by atoms with E-state index in [0.717, 1.165) is 5.82 Å². The summed E-state index contributed by atoms with van der Waals surface area (Å²) in [6, 6.07) is 3.08. The van der Waals surface area contributed by atoms with Gasteiger partial charge in [-0.1, -0.05) is 13.8 Å². The summed E-state index contributed by atoms with van der Waals surface area (Å²) in [5, 5.41) is 2.80. The third kappa shape index (κ3) is 3.42. The summed E-state index contributed by atoms with van der Waals surface area (Å²) in [7, 11) is 3.75. The lowest BCUT2D eigenvalue weighted by molar-refractivity contribution is -0.118. The lowest BCUT2D eigenvalue weighted by Gasteiger charge is -2.19. The van der Waals surface area contributed by atoms with Crippen LogP contribution in [0.5, 0.6) is 0 Å². The lowest BCUT2D eigenvalue weighted by Crippen LogP contribution is -2.40. The van der Waals surface area contributed by atoms with E-state index in [1.165, 1.54) is 0 Å². The van der Waals surface area contributed by atoms with E-state index in [2.05, 4.69) is 10.3 Å². The van der Waals surface area contributed by atoms with Crippen molar-refractivity contribution in [2.24, 2.45) is 11.7 Å². The van der Waals surface area contributed by atoms with Crippen molar-refractivity contribution in [1.29, 1.82) is 0 Å². The first-order valence-electron chi connectivity index (χ1n) is 5.62. The molecule has 17 heavy (non-hydrogen) atoms. The molecule has 5 heteroatoms. The molecule has 0 saturated heterocycles. The molecule has 0 saturated carbocycles. The Morgan fingerprint density at radius 1 is 1.47 bits per heavy atom. The minimum atomic E-state index is -0.509. The number of aromatic nitrogens is 1. The van der Waals surface area contributed by atoms with Crippen molar-refractivity contribution in [2.45, 2.75) is 19.9 Å². The van der Waals surface area contributed by atoms with E-state index in [1.54, 1.807) is 12.3 Å². The van der Waals surface area contributed by atoms with Gasteiger partial charge in [0.2, 0.25) is 5.91 Å². The van der Waals surface area contributed by atoms with Crippen molar-refractivity contribution in [3.63, 3.8) is 0 Å². The molecule has 1 amide bonds. The number of hydrogen-bond donors (Lipinski definition) is 2. The van der Waals surface area contributed by atoms with E-state index in [4.69, 9.17) is 5.73 Å². The third-order valence-electron chi connectivity index (χ3n) is 2.49. The Hall–Kier alpha value is -1.62. The molecule has 1 atom stereocenters. The van der Waals surface area contributed by atoms with Gasteiger partial charge in [-0.2, -0.15) is 0 Å². The van der Waals surface area contributed by atoms with Gasteiger partial charge in [0.1, 0.15) is 0 Å². The predicted molar refractivity (Wildman–Crippen MR) is 70.0 cm³/mol. The molecule has 1 aromatic rings. The summed E-state index contributed by atoms with van der Waals surface area (Å²) in [6.45, 7) is 3.83. The standard InChI is InChI=1S/C12H20N4O/c1-8(2)10(13)12(17)15-9-6-5-7-14-11(9)16(3)4/h5-8,10H,13H2,1-4H3,(H,15,17). The number of hydrogen-bond acceptors (Lipinski definition) is 4. The molecule has 0 fully saturated rings. The zero-order chi connectivity index (χ0) is 13.0. The van der Waals surface area contributed by atoms with E-state index in [1.807, 2.05) is 38.9 Å². The zero-order valence-electron chi connectivity index (χ0n) is 10.8. The molecule has 1 aromatic heterocycles. The first-order chi connectivity index (χ1) is 7.93. The van der Waals surface area contributed by atoms with Crippen LogP contribution in [0.15, 0.2) is 18.3 Å².